The van der Waals surface area contributed by atoms with Crippen molar-refractivity contribution in [1.82, 2.24) is 0 Å². The highest BCUT2D eigenvalue weighted by atomic mass is 32.2. The minimum Gasteiger partial charge on any atom is -0.394 e. The number of aliphatic hydroxyl groups excluding tert-OH is 1. The van der Waals surface area contributed by atoms with E-state index in [-0.39, 0.29) is 26.4 Å². The molecule has 12 heavy (non-hydrogen) atoms. The largest absolute Gasteiger partial charge is 0.394 e. The second kappa shape index (κ2) is 6.32. The standard InChI is InChI=1S/C5H13NO5S/c6-5-12(8,9)11-4-3-10-2-1-7/h7H,1-6H2. The lowest BCUT2D eigenvalue weighted by Gasteiger charge is -2.03. The lowest BCUT2D eigenvalue weighted by Crippen LogP contribution is -2.19. The van der Waals surface area contributed by atoms with Gasteiger partial charge in [0.1, 0.15) is 5.88 Å². The van der Waals surface area contributed by atoms with Gasteiger partial charge in [0.2, 0.25) is 0 Å². The zero-order valence-corrected chi connectivity index (χ0v) is 7.42. The van der Waals surface area contributed by atoms with E-state index in [0.29, 0.717) is 0 Å². The predicted octanol–water partition coefficient (Wildman–Crippen LogP) is -1.74. The molecule has 6 nitrogen and oxygen atoms in total. The molecule has 0 radical (unpaired) electrons. The van der Waals surface area contributed by atoms with E-state index in [1.807, 2.05) is 0 Å². The van der Waals surface area contributed by atoms with E-state index in [9.17, 15) is 8.42 Å². The van der Waals surface area contributed by atoms with Gasteiger partial charge >= 0.3 is 0 Å². The molecule has 7 heteroatoms. The molecule has 0 saturated carbocycles. The predicted molar refractivity (Wildman–Crippen MR) is 41.8 cm³/mol. The van der Waals surface area contributed by atoms with Crippen molar-refractivity contribution in [2.45, 2.75) is 0 Å². The third-order valence-electron chi connectivity index (χ3n) is 0.930. The van der Waals surface area contributed by atoms with Gasteiger partial charge in [-0.3, -0.25) is 4.18 Å². The van der Waals surface area contributed by atoms with Crippen LogP contribution >= 0.6 is 0 Å². The summed E-state index contributed by atoms with van der Waals surface area (Å²) < 4.78 is 30.3. The molecule has 0 saturated heterocycles. The molecule has 0 bridgehead atoms. The van der Waals surface area contributed by atoms with Crippen molar-refractivity contribution in [2.24, 2.45) is 5.73 Å². The Morgan fingerprint density at radius 3 is 2.42 bits per heavy atom. The van der Waals surface area contributed by atoms with Gasteiger partial charge in [0, 0.05) is 0 Å². The Morgan fingerprint density at radius 1 is 1.25 bits per heavy atom. The van der Waals surface area contributed by atoms with Crippen molar-refractivity contribution < 1.29 is 22.4 Å². The molecular weight excluding hydrogens is 186 g/mol. The van der Waals surface area contributed by atoms with Crippen LogP contribution in [-0.2, 0) is 19.0 Å². The molecule has 3 N–H and O–H groups in total. The van der Waals surface area contributed by atoms with Crippen molar-refractivity contribution in [3.8, 4) is 0 Å². The summed E-state index contributed by atoms with van der Waals surface area (Å²) in [4.78, 5) is 0. The Balaban J connectivity index is 3.32. The van der Waals surface area contributed by atoms with Gasteiger partial charge in [0.15, 0.2) is 0 Å². The van der Waals surface area contributed by atoms with Crippen molar-refractivity contribution in [2.75, 3.05) is 32.3 Å². The molecule has 0 atom stereocenters. The molecule has 0 spiro atoms. The molecule has 0 aromatic heterocycles. The molecule has 74 valence electrons. The monoisotopic (exact) mass is 199 g/mol. The SMILES string of the molecule is NCS(=O)(=O)OCCOCCO. The van der Waals surface area contributed by atoms with Crippen LogP contribution in [0.1, 0.15) is 0 Å². The van der Waals surface area contributed by atoms with E-state index in [0.717, 1.165) is 0 Å². The zero-order chi connectivity index (χ0) is 9.45. The van der Waals surface area contributed by atoms with Gasteiger partial charge in [-0.05, 0) is 0 Å². The zero-order valence-electron chi connectivity index (χ0n) is 6.60. The summed E-state index contributed by atoms with van der Waals surface area (Å²) in [5, 5.41) is 8.27. The smallest absolute Gasteiger partial charge is 0.280 e. The number of rotatable bonds is 7. The third-order valence-corrected chi connectivity index (χ3v) is 1.86. The number of ether oxygens (including phenoxy) is 1. The van der Waals surface area contributed by atoms with Crippen LogP contribution in [0.4, 0.5) is 0 Å². The number of hydrogen-bond acceptors (Lipinski definition) is 6. The highest BCUT2D eigenvalue weighted by Crippen LogP contribution is 1.88. The van der Waals surface area contributed by atoms with E-state index < -0.39 is 16.0 Å². The highest BCUT2D eigenvalue weighted by Gasteiger charge is 2.06. The van der Waals surface area contributed by atoms with Crippen LogP contribution in [0.25, 0.3) is 0 Å². The van der Waals surface area contributed by atoms with Crippen molar-refractivity contribution in [1.29, 1.82) is 0 Å². The normalized spacial score (nSPS) is 11.8. The second-order valence-corrected chi connectivity index (χ2v) is 3.57. The highest BCUT2D eigenvalue weighted by molar-refractivity contribution is 7.86. The van der Waals surface area contributed by atoms with Crippen LogP contribution in [0, 0.1) is 0 Å². The molecule has 0 aromatic rings. The van der Waals surface area contributed by atoms with E-state index in [1.54, 1.807) is 0 Å². The minimum absolute atomic E-state index is 0.0699. The molecule has 0 unspecified atom stereocenters. The maximum absolute atomic E-state index is 10.6. The molecule has 0 heterocycles. The summed E-state index contributed by atoms with van der Waals surface area (Å²) >= 11 is 0. The Kier molecular flexibility index (Phi) is 6.21. The fraction of sp³-hybridized carbons (Fsp3) is 1.00. The van der Waals surface area contributed by atoms with E-state index in [2.05, 4.69) is 4.18 Å². The number of aliphatic hydroxyl groups is 1. The van der Waals surface area contributed by atoms with Crippen molar-refractivity contribution >= 4 is 10.1 Å². The first-order valence-electron chi connectivity index (χ1n) is 3.38. The van der Waals surface area contributed by atoms with E-state index in [4.69, 9.17) is 15.6 Å². The number of nitrogens with two attached hydrogens (primary N) is 1. The Bertz CT molecular complexity index is 190. The van der Waals surface area contributed by atoms with Gasteiger partial charge in [-0.1, -0.05) is 0 Å². The lowest BCUT2D eigenvalue weighted by atomic mass is 10.7. The molecular formula is C5H13NO5S. The first-order chi connectivity index (χ1) is 5.62. The second-order valence-electron chi connectivity index (χ2n) is 1.88. The van der Waals surface area contributed by atoms with Gasteiger partial charge in [-0.15, -0.1) is 0 Å². The van der Waals surface area contributed by atoms with Crippen LogP contribution in [0.3, 0.4) is 0 Å². The third kappa shape index (κ3) is 6.50. The van der Waals surface area contributed by atoms with Crippen molar-refractivity contribution in [3.63, 3.8) is 0 Å². The maximum atomic E-state index is 10.6. The van der Waals surface area contributed by atoms with Crippen LogP contribution in [0.2, 0.25) is 0 Å². The molecule has 0 aliphatic rings. The van der Waals surface area contributed by atoms with Gasteiger partial charge < -0.3 is 15.6 Å². The topological polar surface area (TPSA) is 98.9 Å². The van der Waals surface area contributed by atoms with Crippen molar-refractivity contribution in [3.05, 3.63) is 0 Å². The molecule has 0 aliphatic heterocycles. The van der Waals surface area contributed by atoms with E-state index in [1.165, 1.54) is 0 Å². The molecule has 0 amide bonds. The molecule has 0 aliphatic carbocycles. The van der Waals surface area contributed by atoms with E-state index >= 15 is 0 Å². The Labute approximate surface area is 71.4 Å². The molecule has 0 fully saturated rings. The summed E-state index contributed by atoms with van der Waals surface area (Å²) in [6.07, 6.45) is 0. The van der Waals surface area contributed by atoms with Crippen LogP contribution in [0.5, 0.6) is 0 Å². The Morgan fingerprint density at radius 2 is 1.92 bits per heavy atom. The fourth-order valence-electron chi connectivity index (χ4n) is 0.435. The van der Waals surface area contributed by atoms with Crippen LogP contribution in [-0.4, -0.2) is 45.8 Å². The summed E-state index contributed by atoms with van der Waals surface area (Å²) in [7, 11) is -3.57. The Hall–Kier alpha value is -0.210. The summed E-state index contributed by atoms with van der Waals surface area (Å²) in [6, 6.07) is 0. The quantitative estimate of drug-likeness (QED) is 0.373. The summed E-state index contributed by atoms with van der Waals surface area (Å²) in [5.74, 6) is -0.535. The average Bonchev–Trinajstić information content (AvgIpc) is 2.04. The average molecular weight is 199 g/mol. The maximum Gasteiger partial charge on any atom is 0.280 e. The minimum atomic E-state index is -3.57. The van der Waals surface area contributed by atoms with Crippen LogP contribution in [0.15, 0.2) is 0 Å². The first-order valence-corrected chi connectivity index (χ1v) is 4.96. The van der Waals surface area contributed by atoms with Crippen LogP contribution < -0.4 is 5.73 Å². The van der Waals surface area contributed by atoms with Gasteiger partial charge in [-0.25, -0.2) is 0 Å². The number of hydrogen-bond donors (Lipinski definition) is 2. The fourth-order valence-corrected chi connectivity index (χ4v) is 0.853. The summed E-state index contributed by atoms with van der Waals surface area (Å²) in [6.45, 7) is 0.134. The van der Waals surface area contributed by atoms with Gasteiger partial charge in [0.05, 0.1) is 26.4 Å². The van der Waals surface area contributed by atoms with Gasteiger partial charge in [0.25, 0.3) is 10.1 Å². The lowest BCUT2D eigenvalue weighted by molar-refractivity contribution is 0.0719. The van der Waals surface area contributed by atoms with Gasteiger partial charge in [-0.2, -0.15) is 8.42 Å². The first kappa shape index (κ1) is 11.8. The molecule has 0 rings (SSSR count). The summed E-state index contributed by atoms with van der Waals surface area (Å²) in [5.41, 5.74) is 4.85. The molecule has 0 aromatic carbocycles.